The summed E-state index contributed by atoms with van der Waals surface area (Å²) in [6, 6.07) is 1.23. The summed E-state index contributed by atoms with van der Waals surface area (Å²) in [5.41, 5.74) is 0. The molecule has 1 heterocycles. The molecule has 0 aliphatic heterocycles. The fraction of sp³-hybridized carbons (Fsp3) is 0. The third-order valence-corrected chi connectivity index (χ3v) is 0.535. The van der Waals surface area contributed by atoms with Crippen molar-refractivity contribution in [3.63, 3.8) is 0 Å². The molecule has 0 N–H and O–H groups in total. The van der Waals surface area contributed by atoms with E-state index < -0.39 is 0 Å². The summed E-state index contributed by atoms with van der Waals surface area (Å²) in [7, 11) is 0. The molecule has 0 saturated heterocycles. The van der Waals surface area contributed by atoms with Crippen molar-refractivity contribution in [2.24, 2.45) is 0 Å². The zero-order valence-electron chi connectivity index (χ0n) is 6.84. The normalized spacial score (nSPS) is 13.1. The molecule has 38 valence electrons. The van der Waals surface area contributed by atoms with Crippen LogP contribution < -0.4 is 0 Å². The average Bonchev–Trinajstić information content (AvgIpc) is 1.99. The van der Waals surface area contributed by atoms with Gasteiger partial charge in [0.1, 0.15) is 6.07 Å². The summed E-state index contributed by atoms with van der Waals surface area (Å²) < 4.78 is 21.0. The zero-order chi connectivity index (χ0) is 8.43. The molecule has 3 heteroatoms. The maximum Gasteiger partial charge on any atom is 0.232 e. The van der Waals surface area contributed by atoms with Crippen molar-refractivity contribution in [1.29, 1.82) is 5.26 Å². The van der Waals surface area contributed by atoms with Gasteiger partial charge in [-0.05, 0) is 6.04 Å². The van der Waals surface area contributed by atoms with Crippen LogP contribution in [0.4, 0.5) is 0 Å². The van der Waals surface area contributed by atoms with Crippen LogP contribution in [0.2, 0.25) is 0 Å². The molecule has 0 aliphatic rings. The van der Waals surface area contributed by atoms with E-state index in [0.29, 0.717) is 0 Å². The molecule has 1 rings (SSSR count). The predicted molar refractivity (Wildman–Crippen MR) is 26.7 cm³/mol. The lowest BCUT2D eigenvalue weighted by Gasteiger charge is -1.78. The second kappa shape index (κ2) is 2.03. The summed E-state index contributed by atoms with van der Waals surface area (Å²) in [4.78, 5) is 6.68. The highest BCUT2D eigenvalue weighted by Crippen LogP contribution is 1.79. The number of aromatic nitrogens is 2. The Morgan fingerprint density at radius 1 is 1.62 bits per heavy atom. The van der Waals surface area contributed by atoms with E-state index in [1.165, 1.54) is 0 Å². The molecule has 0 atom stereocenters. The molecule has 1 aromatic rings. The predicted octanol–water partition coefficient (Wildman–Crippen LogP) is 0.348. The number of hydrogen-bond acceptors (Lipinski definition) is 3. The van der Waals surface area contributed by atoms with Crippen molar-refractivity contribution >= 4 is 0 Å². The van der Waals surface area contributed by atoms with Gasteiger partial charge in [0.25, 0.3) is 0 Å². The van der Waals surface area contributed by atoms with Gasteiger partial charge in [0, 0.05) is 12.3 Å². The Bertz CT molecular complexity index is 307. The fourth-order valence-electron chi connectivity index (χ4n) is 0.262. The van der Waals surface area contributed by atoms with Crippen LogP contribution in [0.5, 0.6) is 0 Å². The average molecular weight is 108 g/mol. The molecule has 0 saturated carbocycles. The van der Waals surface area contributed by atoms with E-state index in [1.54, 1.807) is 6.07 Å². The standard InChI is InChI=1S/C5H3N3/c6-4-5-7-2-1-3-8-5/h1-3H/i1D,2D,3D. The Balaban J connectivity index is 3.35. The first-order valence-electron chi connectivity index (χ1n) is 3.37. The minimum absolute atomic E-state index is 0.240. The van der Waals surface area contributed by atoms with Crippen LogP contribution in [0.15, 0.2) is 18.4 Å². The lowest BCUT2D eigenvalue weighted by molar-refractivity contribution is 1.11. The van der Waals surface area contributed by atoms with Gasteiger partial charge in [-0.15, -0.1) is 0 Å². The van der Waals surface area contributed by atoms with Crippen molar-refractivity contribution in [1.82, 2.24) is 9.97 Å². The number of hydrogen-bond donors (Lipinski definition) is 0. The Kier molecular flexibility index (Phi) is 0.565. The van der Waals surface area contributed by atoms with Crippen LogP contribution in [0, 0.1) is 11.3 Å². The number of nitrogens with zero attached hydrogens (tertiary/aromatic N) is 3. The summed E-state index contributed by atoms with van der Waals surface area (Å²) in [5.74, 6) is -0.240. The number of rotatable bonds is 0. The number of nitriles is 1. The molecular weight excluding hydrogens is 102 g/mol. The van der Waals surface area contributed by atoms with Gasteiger partial charge in [-0.3, -0.25) is 0 Å². The van der Waals surface area contributed by atoms with Gasteiger partial charge in [0.15, 0.2) is 0 Å². The molecule has 8 heavy (non-hydrogen) atoms. The van der Waals surface area contributed by atoms with Crippen LogP contribution in [-0.2, 0) is 0 Å². The van der Waals surface area contributed by atoms with Crippen LogP contribution in [0.25, 0.3) is 0 Å². The summed E-state index contributed by atoms with van der Waals surface area (Å²) in [5, 5.41) is 8.27. The van der Waals surface area contributed by atoms with Gasteiger partial charge in [-0.2, -0.15) is 5.26 Å². The molecular formula is C5H3N3. The Hall–Kier alpha value is -1.43. The summed E-state index contributed by atoms with van der Waals surface area (Å²) in [6.07, 6.45) is -0.775. The maximum atomic E-state index is 8.27. The van der Waals surface area contributed by atoms with Crippen molar-refractivity contribution in [3.05, 3.63) is 24.2 Å². The van der Waals surface area contributed by atoms with E-state index in [4.69, 9.17) is 9.37 Å². The molecule has 0 spiro atoms. The second-order valence-electron chi connectivity index (χ2n) is 1.01. The lowest BCUT2D eigenvalue weighted by Crippen LogP contribution is -1.82. The minimum Gasteiger partial charge on any atom is -0.228 e. The van der Waals surface area contributed by atoms with Gasteiger partial charge in [-0.25, -0.2) is 9.97 Å². The van der Waals surface area contributed by atoms with E-state index in [2.05, 4.69) is 9.97 Å². The molecule has 0 radical (unpaired) electrons. The fourth-order valence-corrected chi connectivity index (χ4v) is 0.262. The smallest absolute Gasteiger partial charge is 0.228 e. The highest BCUT2D eigenvalue weighted by molar-refractivity contribution is 5.06. The molecule has 0 amide bonds. The van der Waals surface area contributed by atoms with Crippen LogP contribution in [0.1, 0.15) is 9.94 Å². The monoisotopic (exact) mass is 108 g/mol. The molecule has 3 nitrogen and oxygen atoms in total. The first-order chi connectivity index (χ1) is 5.15. The molecule has 0 aromatic carbocycles. The zero-order valence-corrected chi connectivity index (χ0v) is 3.84. The van der Waals surface area contributed by atoms with E-state index in [0.717, 1.165) is 0 Å². The minimum atomic E-state index is -0.387. The summed E-state index contributed by atoms with van der Waals surface area (Å²) in [6.45, 7) is 0. The van der Waals surface area contributed by atoms with Crippen molar-refractivity contribution in [2.75, 3.05) is 0 Å². The van der Waals surface area contributed by atoms with Crippen LogP contribution >= 0.6 is 0 Å². The van der Waals surface area contributed by atoms with Crippen LogP contribution in [0.3, 0.4) is 0 Å². The first-order valence-corrected chi connectivity index (χ1v) is 1.87. The first kappa shape index (κ1) is 2.23. The topological polar surface area (TPSA) is 49.6 Å². The van der Waals surface area contributed by atoms with E-state index in [1.807, 2.05) is 0 Å². The van der Waals surface area contributed by atoms with E-state index in [9.17, 15) is 0 Å². The van der Waals surface area contributed by atoms with Crippen LogP contribution in [-0.4, -0.2) is 9.97 Å². The molecule has 0 bridgehead atoms. The Labute approximate surface area is 50.8 Å². The summed E-state index contributed by atoms with van der Waals surface area (Å²) >= 11 is 0. The highest BCUT2D eigenvalue weighted by atomic mass is 14.8. The SMILES string of the molecule is [2H]c1nc(C#N)nc([2H])c1[2H]. The van der Waals surface area contributed by atoms with Crippen molar-refractivity contribution in [2.45, 2.75) is 0 Å². The second-order valence-corrected chi connectivity index (χ2v) is 1.01. The maximum absolute atomic E-state index is 8.27. The van der Waals surface area contributed by atoms with Gasteiger partial charge >= 0.3 is 0 Å². The quantitative estimate of drug-likeness (QED) is 0.481. The van der Waals surface area contributed by atoms with Crippen molar-refractivity contribution in [3.8, 4) is 6.07 Å². The van der Waals surface area contributed by atoms with E-state index >= 15 is 0 Å². The Morgan fingerprint density at radius 2 is 2.25 bits per heavy atom. The lowest BCUT2D eigenvalue weighted by atomic mass is 10.6. The molecule has 0 unspecified atom stereocenters. The van der Waals surface area contributed by atoms with Gasteiger partial charge in [-0.1, -0.05) is 0 Å². The molecule has 1 aromatic heterocycles. The Morgan fingerprint density at radius 3 is 2.75 bits per heavy atom. The largest absolute Gasteiger partial charge is 0.232 e. The van der Waals surface area contributed by atoms with Gasteiger partial charge < -0.3 is 0 Å². The van der Waals surface area contributed by atoms with Gasteiger partial charge in [0.2, 0.25) is 5.82 Å². The van der Waals surface area contributed by atoms with E-state index in [-0.39, 0.29) is 24.2 Å². The van der Waals surface area contributed by atoms with Crippen molar-refractivity contribution < 1.29 is 4.11 Å². The highest BCUT2D eigenvalue weighted by Gasteiger charge is 1.83. The van der Waals surface area contributed by atoms with Gasteiger partial charge in [0.05, 0.1) is 4.11 Å². The molecule has 0 aliphatic carbocycles. The third-order valence-electron chi connectivity index (χ3n) is 0.535. The molecule has 0 fully saturated rings. The third kappa shape index (κ3) is 0.793.